The van der Waals surface area contributed by atoms with Crippen LogP contribution < -0.4 is 26.6 Å². The second-order valence-electron chi connectivity index (χ2n) is 19.2. The molecule has 1 aromatic carbocycles. The molecule has 1 aliphatic carbocycles. The Balaban J connectivity index is 0.913. The molecule has 0 spiro atoms. The van der Waals surface area contributed by atoms with E-state index >= 15 is 0 Å². The first-order valence-electron chi connectivity index (χ1n) is 24.2. The van der Waals surface area contributed by atoms with Gasteiger partial charge in [-0.1, -0.05) is 34.7 Å². The molecule has 5 N–H and O–H groups in total. The van der Waals surface area contributed by atoms with E-state index in [0.29, 0.717) is 75.6 Å². The molecule has 5 aliphatic rings. The van der Waals surface area contributed by atoms with E-state index in [1.165, 1.54) is 12.5 Å². The molecule has 6 heterocycles. The summed E-state index contributed by atoms with van der Waals surface area (Å²) in [6.45, 7) is 5.30. The summed E-state index contributed by atoms with van der Waals surface area (Å²) < 4.78 is 9.72. The van der Waals surface area contributed by atoms with Crippen molar-refractivity contribution in [2.45, 2.75) is 184 Å². The maximum atomic E-state index is 14.4. The third kappa shape index (κ3) is 10.6. The normalized spacial score (nSPS) is 28.5. The van der Waals surface area contributed by atoms with Gasteiger partial charge >= 0.3 is 0 Å². The topological polar surface area (TPSA) is 240 Å². The lowest BCUT2D eigenvalue weighted by Gasteiger charge is -2.38. The van der Waals surface area contributed by atoms with Crippen molar-refractivity contribution in [2.24, 2.45) is 0 Å². The van der Waals surface area contributed by atoms with Crippen LogP contribution in [0.4, 0.5) is 0 Å². The minimum atomic E-state index is -0.814. The first-order chi connectivity index (χ1) is 32.3. The van der Waals surface area contributed by atoms with E-state index < -0.39 is 36.3 Å². The van der Waals surface area contributed by atoms with Crippen molar-refractivity contribution < 1.29 is 33.5 Å². The Hall–Kier alpha value is -5.60. The summed E-state index contributed by atoms with van der Waals surface area (Å²) in [7, 11) is 3.38. The molecule has 4 fully saturated rings. The molecule has 0 saturated carbocycles. The number of fused-ring (bicyclic) bond motifs is 3. The van der Waals surface area contributed by atoms with E-state index in [9.17, 15) is 28.8 Å². The highest BCUT2D eigenvalue weighted by Crippen LogP contribution is 2.38. The number of aryl methyl sites for hydroxylation is 1. The van der Waals surface area contributed by atoms with Gasteiger partial charge in [0.1, 0.15) is 29.5 Å². The average molecular weight is 926 g/mol. The van der Waals surface area contributed by atoms with E-state index in [0.717, 1.165) is 24.8 Å². The number of ether oxygens (including phenoxy) is 1. The predicted molar refractivity (Wildman–Crippen MR) is 243 cm³/mol. The Morgan fingerprint density at radius 2 is 1.16 bits per heavy atom. The number of ketones is 1. The van der Waals surface area contributed by atoms with Gasteiger partial charge in [0.05, 0.1) is 61.9 Å². The van der Waals surface area contributed by atoms with Crippen LogP contribution in [0.2, 0.25) is 0 Å². The number of nitrogens with one attached hydrogen (secondary N) is 5. The van der Waals surface area contributed by atoms with Crippen LogP contribution in [0.1, 0.15) is 138 Å². The van der Waals surface area contributed by atoms with E-state index in [2.05, 4.69) is 59.3 Å². The SMILES string of the molecule is CN[C@@H](C)C(=O)N[C@H]1CC[C@@H](n2cc(COCc3cn([C@@H]4CC[C@H](NC(=O)[C@H](C)NC)C(=O)N5[C@H](CC[C@H]5C(=O)N[C@H]5CCCc6ccccc65)C4)nn3)nn2)C[C@H]2CC[C@@H](C(C)=O)N2C1=O. The molecule has 4 saturated heterocycles. The molecular formula is C47H67N13O7. The number of hydrogen-bond donors (Lipinski definition) is 5. The summed E-state index contributed by atoms with van der Waals surface area (Å²) in [5, 5.41) is 32.9. The Morgan fingerprint density at radius 1 is 0.657 bits per heavy atom. The number of nitrogens with zero attached hydrogens (tertiary/aromatic N) is 8. The van der Waals surface area contributed by atoms with Crippen molar-refractivity contribution in [1.29, 1.82) is 0 Å². The summed E-state index contributed by atoms with van der Waals surface area (Å²) >= 11 is 0. The number of amides is 5. The summed E-state index contributed by atoms with van der Waals surface area (Å²) in [5.41, 5.74) is 3.60. The zero-order valence-electron chi connectivity index (χ0n) is 39.4. The largest absolute Gasteiger partial charge is 0.369 e. The molecule has 5 amide bonds. The lowest BCUT2D eigenvalue weighted by Crippen LogP contribution is -2.58. The predicted octanol–water partition coefficient (Wildman–Crippen LogP) is 1.72. The van der Waals surface area contributed by atoms with Crippen LogP contribution in [0.5, 0.6) is 0 Å². The maximum Gasteiger partial charge on any atom is 0.246 e. The van der Waals surface area contributed by atoms with Gasteiger partial charge in [0.15, 0.2) is 5.78 Å². The van der Waals surface area contributed by atoms with Crippen molar-refractivity contribution in [2.75, 3.05) is 14.1 Å². The van der Waals surface area contributed by atoms with Crippen LogP contribution >= 0.6 is 0 Å². The van der Waals surface area contributed by atoms with Crippen molar-refractivity contribution in [3.63, 3.8) is 0 Å². The number of rotatable bonds is 15. The molecule has 20 heteroatoms. The zero-order chi connectivity index (χ0) is 47.4. The zero-order valence-corrected chi connectivity index (χ0v) is 39.4. The molecule has 0 bridgehead atoms. The number of benzene rings is 1. The van der Waals surface area contributed by atoms with Crippen LogP contribution in [0.25, 0.3) is 0 Å². The fourth-order valence-electron chi connectivity index (χ4n) is 10.9. The van der Waals surface area contributed by atoms with E-state index in [1.54, 1.807) is 37.7 Å². The van der Waals surface area contributed by atoms with Crippen LogP contribution in [0.15, 0.2) is 36.7 Å². The van der Waals surface area contributed by atoms with E-state index in [-0.39, 0.29) is 78.7 Å². The molecule has 4 aliphatic heterocycles. The van der Waals surface area contributed by atoms with Crippen LogP contribution in [0.3, 0.4) is 0 Å². The lowest BCUT2D eigenvalue weighted by atomic mass is 9.87. The number of likely N-dealkylation sites (N-methyl/N-ethyl adjacent to an activating group) is 2. The number of carbonyl (C=O) groups is 6. The molecule has 67 heavy (non-hydrogen) atoms. The van der Waals surface area contributed by atoms with Crippen molar-refractivity contribution in [3.05, 3.63) is 59.2 Å². The number of carbonyl (C=O) groups excluding carboxylic acids is 6. The maximum absolute atomic E-state index is 14.4. The first kappa shape index (κ1) is 47.9. The van der Waals surface area contributed by atoms with Crippen molar-refractivity contribution in [3.8, 4) is 0 Å². The smallest absolute Gasteiger partial charge is 0.246 e. The fraction of sp³-hybridized carbons (Fsp3) is 0.660. The highest BCUT2D eigenvalue weighted by Gasteiger charge is 2.47. The van der Waals surface area contributed by atoms with Gasteiger partial charge in [-0.05, 0) is 129 Å². The third-order valence-corrected chi connectivity index (χ3v) is 14.9. The average Bonchev–Trinajstić information content (AvgIpc) is 4.16. The summed E-state index contributed by atoms with van der Waals surface area (Å²) in [4.78, 5) is 84.5. The number of hydrogen-bond acceptors (Lipinski definition) is 13. The van der Waals surface area contributed by atoms with Crippen molar-refractivity contribution in [1.82, 2.24) is 66.4 Å². The molecule has 362 valence electrons. The molecule has 8 rings (SSSR count). The molecular weight excluding hydrogens is 859 g/mol. The monoisotopic (exact) mass is 926 g/mol. The van der Waals surface area contributed by atoms with Crippen LogP contribution in [-0.2, 0) is 53.1 Å². The second kappa shape index (κ2) is 21.1. The van der Waals surface area contributed by atoms with Crippen LogP contribution in [0, 0.1) is 0 Å². The molecule has 11 atom stereocenters. The summed E-state index contributed by atoms with van der Waals surface area (Å²) in [6, 6.07) is 3.66. The number of aromatic nitrogens is 6. The van der Waals surface area contributed by atoms with E-state index in [1.807, 2.05) is 33.9 Å². The minimum Gasteiger partial charge on any atom is -0.369 e. The first-order valence-corrected chi connectivity index (χ1v) is 24.2. The number of Topliss-reactive ketones (excluding diaryl/α,β-unsaturated/α-hetero) is 1. The van der Waals surface area contributed by atoms with Gasteiger partial charge in [0.2, 0.25) is 29.5 Å². The Kier molecular flexibility index (Phi) is 15.1. The van der Waals surface area contributed by atoms with Crippen molar-refractivity contribution >= 4 is 35.3 Å². The van der Waals surface area contributed by atoms with Gasteiger partial charge in [-0.15, -0.1) is 10.2 Å². The summed E-state index contributed by atoms with van der Waals surface area (Å²) in [5.74, 6) is -1.23. The highest BCUT2D eigenvalue weighted by atomic mass is 16.5. The third-order valence-electron chi connectivity index (χ3n) is 14.9. The van der Waals surface area contributed by atoms with Crippen LogP contribution in [-0.4, -0.2) is 138 Å². The Bertz CT molecular complexity index is 2280. The Morgan fingerprint density at radius 3 is 1.70 bits per heavy atom. The molecule has 0 unspecified atom stereocenters. The summed E-state index contributed by atoms with van der Waals surface area (Å²) in [6.07, 6.45) is 12.0. The van der Waals surface area contributed by atoms with Gasteiger partial charge in [-0.2, -0.15) is 0 Å². The van der Waals surface area contributed by atoms with Gasteiger partial charge in [-0.25, -0.2) is 9.36 Å². The minimum absolute atomic E-state index is 0.0614. The highest BCUT2D eigenvalue weighted by molar-refractivity contribution is 5.95. The van der Waals surface area contributed by atoms with Gasteiger partial charge in [0, 0.05) is 12.1 Å². The lowest BCUT2D eigenvalue weighted by molar-refractivity contribution is -0.145. The van der Waals surface area contributed by atoms with E-state index in [4.69, 9.17) is 4.74 Å². The molecule has 2 aromatic heterocycles. The molecule has 0 radical (unpaired) electrons. The quantitative estimate of drug-likeness (QED) is 0.146. The van der Waals surface area contributed by atoms with Gasteiger partial charge < -0.3 is 41.1 Å². The second-order valence-corrected chi connectivity index (χ2v) is 19.2. The molecule has 3 aromatic rings. The van der Waals surface area contributed by atoms with Gasteiger partial charge in [-0.3, -0.25) is 28.8 Å². The molecule has 20 nitrogen and oxygen atoms in total. The van der Waals surface area contributed by atoms with Gasteiger partial charge in [0.25, 0.3) is 0 Å². The standard InChI is InChI=1S/C47H67N13O7/c1-27(48-4)43(62)51-39-17-13-33(21-35-15-19-41(29(3)61)59(35)46(39)65)57-23-31(53-55-57)25-67-26-32-24-58(56-54-32)34-14-18-40(52-44(63)28(2)49-5)47(66)60-36(22-34)16-20-42(60)45(64)50-38-12-8-10-30-9-6-7-11-37(30)38/h6-7,9,11,23-24,27-28,33-36,38-42,48-49H,8,10,12-22,25-26H2,1-5H3,(H,50,64)(H,51,62)(H,52,63)/t27-,28-,33+,34+,35+,36+,38-,39-,40-,41-,42-/m0/s1. The Labute approximate surface area is 391 Å². The fourth-order valence-corrected chi connectivity index (χ4v) is 10.9.